The van der Waals surface area contributed by atoms with Crippen LogP contribution in [0.2, 0.25) is 0 Å². The van der Waals surface area contributed by atoms with Crippen LogP contribution in [0.3, 0.4) is 0 Å². The van der Waals surface area contributed by atoms with Crippen molar-refractivity contribution in [3.8, 4) is 11.4 Å². The molecule has 2 N–H and O–H groups in total. The summed E-state index contributed by atoms with van der Waals surface area (Å²) in [6.07, 6.45) is 1.65. The Kier molecular flexibility index (Phi) is 3.60. The summed E-state index contributed by atoms with van der Waals surface area (Å²) in [6, 6.07) is 11.8. The first-order valence-electron chi connectivity index (χ1n) is 8.01. The van der Waals surface area contributed by atoms with Crippen molar-refractivity contribution >= 4 is 5.91 Å². The molecule has 122 valence electrons. The number of hydrogen-bond donors (Lipinski definition) is 2. The Labute approximate surface area is 139 Å². The van der Waals surface area contributed by atoms with E-state index in [2.05, 4.69) is 30.3 Å². The molecule has 0 bridgehead atoms. The first kappa shape index (κ1) is 14.6. The van der Waals surface area contributed by atoms with Gasteiger partial charge in [0.25, 0.3) is 5.91 Å². The predicted molar refractivity (Wildman–Crippen MR) is 88.4 cm³/mol. The highest BCUT2D eigenvalue weighted by molar-refractivity contribution is 5.92. The fraction of sp³-hybridized carbons (Fsp3) is 0.294. The van der Waals surface area contributed by atoms with Gasteiger partial charge in [-0.15, -0.1) is 10.2 Å². The van der Waals surface area contributed by atoms with Gasteiger partial charge in [-0.05, 0) is 19.4 Å². The number of benzene rings is 1. The Morgan fingerprint density at radius 3 is 2.88 bits per heavy atom. The van der Waals surface area contributed by atoms with Gasteiger partial charge >= 0.3 is 0 Å². The van der Waals surface area contributed by atoms with Crippen LogP contribution in [0.25, 0.3) is 11.4 Å². The first-order valence-corrected chi connectivity index (χ1v) is 8.01. The van der Waals surface area contributed by atoms with E-state index in [4.69, 9.17) is 0 Å². The number of aromatic amines is 1. The van der Waals surface area contributed by atoms with Crippen molar-refractivity contribution in [2.24, 2.45) is 0 Å². The number of fused-ring (bicyclic) bond motifs is 1. The van der Waals surface area contributed by atoms with Crippen LogP contribution in [0, 0.1) is 6.92 Å². The van der Waals surface area contributed by atoms with E-state index in [9.17, 15) is 4.79 Å². The maximum absolute atomic E-state index is 12.3. The Balaban J connectivity index is 1.53. The molecular formula is C17H18N6O. The highest BCUT2D eigenvalue weighted by Gasteiger charge is 2.25. The van der Waals surface area contributed by atoms with E-state index in [1.54, 1.807) is 6.07 Å². The van der Waals surface area contributed by atoms with Gasteiger partial charge in [-0.25, -0.2) is 0 Å². The number of H-pyrrole nitrogens is 1. The number of nitrogens with one attached hydrogen (secondary N) is 2. The number of amides is 1. The fourth-order valence-electron chi connectivity index (χ4n) is 3.04. The van der Waals surface area contributed by atoms with Gasteiger partial charge < -0.3 is 9.88 Å². The molecule has 1 aromatic carbocycles. The van der Waals surface area contributed by atoms with Gasteiger partial charge in [0.1, 0.15) is 11.5 Å². The molecule has 3 heterocycles. The van der Waals surface area contributed by atoms with E-state index in [0.717, 1.165) is 35.7 Å². The third-order valence-corrected chi connectivity index (χ3v) is 4.25. The zero-order chi connectivity index (χ0) is 16.5. The molecule has 1 aliphatic rings. The van der Waals surface area contributed by atoms with Crippen molar-refractivity contribution in [3.63, 3.8) is 0 Å². The van der Waals surface area contributed by atoms with E-state index >= 15 is 0 Å². The molecule has 0 saturated heterocycles. The lowest BCUT2D eigenvalue weighted by Crippen LogP contribution is -2.41. The molecular weight excluding hydrogens is 304 g/mol. The van der Waals surface area contributed by atoms with Crippen LogP contribution < -0.4 is 5.32 Å². The smallest absolute Gasteiger partial charge is 0.272 e. The molecule has 1 aliphatic heterocycles. The maximum atomic E-state index is 12.3. The average molecular weight is 322 g/mol. The molecule has 0 unspecified atom stereocenters. The number of rotatable bonds is 3. The Hall–Kier alpha value is -2.96. The normalized spacial score (nSPS) is 16.6. The van der Waals surface area contributed by atoms with Crippen LogP contribution >= 0.6 is 0 Å². The maximum Gasteiger partial charge on any atom is 0.272 e. The van der Waals surface area contributed by atoms with Crippen molar-refractivity contribution in [2.75, 3.05) is 0 Å². The van der Waals surface area contributed by atoms with Crippen molar-refractivity contribution in [3.05, 3.63) is 53.6 Å². The zero-order valence-corrected chi connectivity index (χ0v) is 13.4. The summed E-state index contributed by atoms with van der Waals surface area (Å²) in [7, 11) is 0. The molecule has 0 radical (unpaired) electrons. The molecule has 24 heavy (non-hydrogen) atoms. The molecule has 3 aromatic rings. The van der Waals surface area contributed by atoms with Gasteiger partial charge in [0.2, 0.25) is 0 Å². The summed E-state index contributed by atoms with van der Waals surface area (Å²) in [5, 5.41) is 18.5. The highest BCUT2D eigenvalue weighted by atomic mass is 16.2. The molecule has 2 aromatic heterocycles. The second kappa shape index (κ2) is 5.92. The lowest BCUT2D eigenvalue weighted by atomic mass is 10.1. The molecule has 0 aliphatic carbocycles. The predicted octanol–water partition coefficient (Wildman–Crippen LogP) is 1.72. The lowest BCUT2D eigenvalue weighted by Gasteiger charge is -2.25. The van der Waals surface area contributed by atoms with Gasteiger partial charge in [-0.1, -0.05) is 30.3 Å². The van der Waals surface area contributed by atoms with Crippen molar-refractivity contribution in [1.29, 1.82) is 0 Å². The van der Waals surface area contributed by atoms with Gasteiger partial charge in [0.15, 0.2) is 5.82 Å². The molecule has 7 heteroatoms. The summed E-state index contributed by atoms with van der Waals surface area (Å²) in [6.45, 7) is 2.54. The molecule has 1 amide bonds. The topological polar surface area (TPSA) is 88.5 Å². The average Bonchev–Trinajstić information content (AvgIpc) is 3.21. The van der Waals surface area contributed by atoms with E-state index in [-0.39, 0.29) is 11.9 Å². The Morgan fingerprint density at radius 2 is 2.12 bits per heavy atom. The van der Waals surface area contributed by atoms with Crippen molar-refractivity contribution in [2.45, 2.75) is 32.4 Å². The molecule has 0 saturated carbocycles. The van der Waals surface area contributed by atoms with E-state index in [1.165, 1.54) is 0 Å². The third kappa shape index (κ3) is 2.68. The number of hydrogen-bond acceptors (Lipinski definition) is 4. The van der Waals surface area contributed by atoms with Gasteiger partial charge in [-0.2, -0.15) is 5.10 Å². The molecule has 0 fully saturated rings. The minimum atomic E-state index is -0.151. The fourth-order valence-corrected chi connectivity index (χ4v) is 3.04. The lowest BCUT2D eigenvalue weighted by molar-refractivity contribution is 0.0922. The van der Waals surface area contributed by atoms with Crippen LogP contribution in [0.15, 0.2) is 36.4 Å². The van der Waals surface area contributed by atoms with Crippen LogP contribution in [-0.4, -0.2) is 36.9 Å². The van der Waals surface area contributed by atoms with Crippen LogP contribution in [0.1, 0.15) is 28.4 Å². The standard InChI is InChI=1S/C17H18N6O/c1-11-9-14(20-19-11)17(24)18-13-7-8-15-21-22-16(23(15)10-13)12-5-3-2-4-6-12/h2-6,9,13H,7-8,10H2,1H3,(H,18,24)(H,19,20)/t13-/m1/s1. The minimum Gasteiger partial charge on any atom is -0.346 e. The summed E-state index contributed by atoms with van der Waals surface area (Å²) in [4.78, 5) is 12.3. The molecule has 4 rings (SSSR count). The van der Waals surface area contributed by atoms with Crippen LogP contribution in [-0.2, 0) is 13.0 Å². The van der Waals surface area contributed by atoms with Gasteiger partial charge in [-0.3, -0.25) is 9.89 Å². The van der Waals surface area contributed by atoms with Gasteiger partial charge in [0, 0.05) is 30.3 Å². The van der Waals surface area contributed by atoms with Crippen LogP contribution in [0.5, 0.6) is 0 Å². The largest absolute Gasteiger partial charge is 0.346 e. The molecule has 7 nitrogen and oxygen atoms in total. The Bertz CT molecular complexity index is 866. The van der Waals surface area contributed by atoms with E-state index < -0.39 is 0 Å². The quantitative estimate of drug-likeness (QED) is 0.768. The summed E-state index contributed by atoms with van der Waals surface area (Å²) >= 11 is 0. The second-order valence-corrected chi connectivity index (χ2v) is 6.06. The SMILES string of the molecule is Cc1cc(C(=O)N[C@@H]2CCc3nnc(-c4ccccc4)n3C2)n[nH]1. The Morgan fingerprint density at radius 1 is 1.29 bits per heavy atom. The van der Waals surface area contributed by atoms with E-state index in [1.807, 2.05) is 37.3 Å². The van der Waals surface area contributed by atoms with E-state index in [0.29, 0.717) is 12.2 Å². The number of carbonyl (C=O) groups excluding carboxylic acids is 1. The number of aryl methyl sites for hydroxylation is 2. The first-order chi connectivity index (χ1) is 11.7. The molecule has 1 atom stereocenters. The second-order valence-electron chi connectivity index (χ2n) is 6.06. The monoisotopic (exact) mass is 322 g/mol. The molecule has 0 spiro atoms. The number of nitrogens with zero attached hydrogens (tertiary/aromatic N) is 4. The number of aromatic nitrogens is 5. The minimum absolute atomic E-state index is 0.0421. The highest BCUT2D eigenvalue weighted by Crippen LogP contribution is 2.23. The third-order valence-electron chi connectivity index (χ3n) is 4.25. The van der Waals surface area contributed by atoms with Gasteiger partial charge in [0.05, 0.1) is 0 Å². The van der Waals surface area contributed by atoms with Crippen LogP contribution in [0.4, 0.5) is 0 Å². The summed E-state index contributed by atoms with van der Waals surface area (Å²) in [5.74, 6) is 1.66. The van der Waals surface area contributed by atoms with Crippen molar-refractivity contribution < 1.29 is 4.79 Å². The number of carbonyl (C=O) groups is 1. The summed E-state index contributed by atoms with van der Waals surface area (Å²) in [5.41, 5.74) is 2.33. The zero-order valence-electron chi connectivity index (χ0n) is 13.4. The summed E-state index contributed by atoms with van der Waals surface area (Å²) < 4.78 is 2.10. The van der Waals surface area contributed by atoms with Crippen molar-refractivity contribution in [1.82, 2.24) is 30.3 Å².